The smallest absolute Gasteiger partial charge is 0.323 e. The van der Waals surface area contributed by atoms with E-state index in [0.29, 0.717) is 21.8 Å². The lowest BCUT2D eigenvalue weighted by atomic mass is 10.0. The first-order chi connectivity index (χ1) is 13.0. The Balaban J connectivity index is 2.17. The number of pyridine rings is 2. The highest BCUT2D eigenvalue weighted by Gasteiger charge is 2.17. The van der Waals surface area contributed by atoms with Crippen molar-refractivity contribution in [3.05, 3.63) is 75.1 Å². The number of aliphatic carboxylic acids is 1. The first-order valence-corrected chi connectivity index (χ1v) is 8.79. The topological polar surface area (TPSA) is 72.2 Å². The van der Waals surface area contributed by atoms with E-state index in [-0.39, 0.29) is 22.0 Å². The third-order valence-electron chi connectivity index (χ3n) is 4.42. The molecule has 4 rings (SSSR count). The zero-order valence-electron chi connectivity index (χ0n) is 13.8. The molecule has 0 bridgehead atoms. The molecule has 0 spiro atoms. The van der Waals surface area contributed by atoms with Crippen LogP contribution >= 0.6 is 23.2 Å². The van der Waals surface area contributed by atoms with Crippen LogP contribution in [0.4, 0.5) is 0 Å². The molecule has 0 fully saturated rings. The van der Waals surface area contributed by atoms with Gasteiger partial charge in [0.2, 0.25) is 0 Å². The molecule has 0 aliphatic rings. The minimum absolute atomic E-state index is 0.156. The van der Waals surface area contributed by atoms with Gasteiger partial charge >= 0.3 is 5.97 Å². The van der Waals surface area contributed by atoms with Crippen LogP contribution in [0.1, 0.15) is 0 Å². The molecule has 0 unspecified atom stereocenters. The second-order valence-electron chi connectivity index (χ2n) is 6.03. The van der Waals surface area contributed by atoms with Crippen LogP contribution in [0.3, 0.4) is 0 Å². The van der Waals surface area contributed by atoms with Gasteiger partial charge < -0.3 is 9.67 Å². The second-order valence-corrected chi connectivity index (χ2v) is 6.82. The van der Waals surface area contributed by atoms with E-state index >= 15 is 0 Å². The Kier molecular flexibility index (Phi) is 4.34. The SMILES string of the molecule is O=C(O)Cn1c2cc(-c3ccncc3)ccc2c(=O)c2ccc(Cl)c(Cl)c21. The van der Waals surface area contributed by atoms with E-state index in [1.165, 1.54) is 10.6 Å². The van der Waals surface area contributed by atoms with E-state index in [1.807, 2.05) is 18.2 Å². The lowest BCUT2D eigenvalue weighted by Gasteiger charge is -2.16. The van der Waals surface area contributed by atoms with E-state index in [0.717, 1.165) is 11.1 Å². The van der Waals surface area contributed by atoms with E-state index in [4.69, 9.17) is 23.2 Å². The summed E-state index contributed by atoms with van der Waals surface area (Å²) in [4.78, 5) is 28.5. The predicted molar refractivity (Wildman–Crippen MR) is 107 cm³/mol. The Bertz CT molecular complexity index is 1270. The minimum Gasteiger partial charge on any atom is -0.480 e. The molecule has 0 aliphatic heterocycles. The molecular formula is C20H12Cl2N2O3. The number of fused-ring (bicyclic) bond motifs is 2. The zero-order valence-corrected chi connectivity index (χ0v) is 15.3. The summed E-state index contributed by atoms with van der Waals surface area (Å²) in [6.45, 7) is -0.354. The van der Waals surface area contributed by atoms with Gasteiger partial charge in [0.25, 0.3) is 0 Å². The number of carboxylic acids is 1. The van der Waals surface area contributed by atoms with Gasteiger partial charge in [-0.15, -0.1) is 0 Å². The number of nitrogens with zero attached hydrogens (tertiary/aromatic N) is 2. The normalized spacial score (nSPS) is 11.2. The van der Waals surface area contributed by atoms with Crippen molar-refractivity contribution in [3.8, 4) is 11.1 Å². The monoisotopic (exact) mass is 398 g/mol. The number of carboxylic acid groups (broad SMARTS) is 1. The lowest BCUT2D eigenvalue weighted by Crippen LogP contribution is -2.16. The van der Waals surface area contributed by atoms with Crippen molar-refractivity contribution in [2.45, 2.75) is 6.54 Å². The van der Waals surface area contributed by atoms with Crippen LogP contribution in [0.5, 0.6) is 0 Å². The van der Waals surface area contributed by atoms with E-state index < -0.39 is 5.97 Å². The maximum atomic E-state index is 13.0. The van der Waals surface area contributed by atoms with Gasteiger partial charge in [-0.3, -0.25) is 14.6 Å². The molecule has 4 aromatic rings. The summed E-state index contributed by atoms with van der Waals surface area (Å²) in [6.07, 6.45) is 3.34. The predicted octanol–water partition coefficient (Wildman–Crippen LogP) is 4.61. The molecule has 7 heteroatoms. The number of benzene rings is 2. The van der Waals surface area contributed by atoms with Crippen LogP contribution in [0.15, 0.2) is 59.7 Å². The second kappa shape index (κ2) is 6.68. The molecule has 0 aliphatic carbocycles. The van der Waals surface area contributed by atoms with Crippen molar-refractivity contribution < 1.29 is 9.90 Å². The molecule has 2 aromatic heterocycles. The first-order valence-electron chi connectivity index (χ1n) is 8.04. The molecule has 2 heterocycles. The lowest BCUT2D eigenvalue weighted by molar-refractivity contribution is -0.137. The van der Waals surface area contributed by atoms with E-state index in [2.05, 4.69) is 4.98 Å². The fourth-order valence-electron chi connectivity index (χ4n) is 3.22. The molecule has 27 heavy (non-hydrogen) atoms. The number of halogens is 2. The molecule has 0 saturated heterocycles. The summed E-state index contributed by atoms with van der Waals surface area (Å²) >= 11 is 12.5. The van der Waals surface area contributed by atoms with Gasteiger partial charge in [0, 0.05) is 23.2 Å². The van der Waals surface area contributed by atoms with Crippen molar-refractivity contribution >= 4 is 51.0 Å². The van der Waals surface area contributed by atoms with Gasteiger partial charge in [0.15, 0.2) is 5.43 Å². The van der Waals surface area contributed by atoms with Crippen LogP contribution in [0.25, 0.3) is 32.9 Å². The van der Waals surface area contributed by atoms with Crippen molar-refractivity contribution in [1.29, 1.82) is 0 Å². The quantitative estimate of drug-likeness (QED) is 0.511. The van der Waals surface area contributed by atoms with Gasteiger partial charge in [0.1, 0.15) is 6.54 Å². The minimum atomic E-state index is -1.05. The van der Waals surface area contributed by atoms with Crippen LogP contribution in [0.2, 0.25) is 10.0 Å². The van der Waals surface area contributed by atoms with Crippen LogP contribution in [-0.4, -0.2) is 20.6 Å². The first kappa shape index (κ1) is 17.5. The molecule has 134 valence electrons. The largest absolute Gasteiger partial charge is 0.480 e. The van der Waals surface area contributed by atoms with Crippen molar-refractivity contribution in [2.75, 3.05) is 0 Å². The number of aromatic nitrogens is 2. The highest BCUT2D eigenvalue weighted by Crippen LogP contribution is 2.33. The van der Waals surface area contributed by atoms with Crippen molar-refractivity contribution in [1.82, 2.24) is 9.55 Å². The zero-order chi connectivity index (χ0) is 19.1. The number of hydrogen-bond donors (Lipinski definition) is 1. The maximum Gasteiger partial charge on any atom is 0.323 e. The fourth-order valence-corrected chi connectivity index (χ4v) is 3.64. The average Bonchev–Trinajstić information content (AvgIpc) is 2.67. The summed E-state index contributed by atoms with van der Waals surface area (Å²) < 4.78 is 1.52. The summed E-state index contributed by atoms with van der Waals surface area (Å²) in [7, 11) is 0. The molecule has 0 radical (unpaired) electrons. The van der Waals surface area contributed by atoms with Crippen LogP contribution in [0, 0.1) is 0 Å². The van der Waals surface area contributed by atoms with Crippen molar-refractivity contribution in [2.24, 2.45) is 0 Å². The summed E-state index contributed by atoms with van der Waals surface area (Å²) in [5.41, 5.74) is 2.31. The third kappa shape index (κ3) is 2.95. The summed E-state index contributed by atoms with van der Waals surface area (Å²) in [5.74, 6) is -1.05. The summed E-state index contributed by atoms with van der Waals surface area (Å²) in [5, 5.41) is 10.6. The Hall–Kier alpha value is -2.89. The number of rotatable bonds is 3. The molecule has 0 saturated carbocycles. The highest BCUT2D eigenvalue weighted by atomic mass is 35.5. The Labute approximate surface area is 163 Å². The molecule has 1 N–H and O–H groups in total. The van der Waals surface area contributed by atoms with Crippen LogP contribution < -0.4 is 5.43 Å². The number of carbonyl (C=O) groups is 1. The average molecular weight is 399 g/mol. The van der Waals surface area contributed by atoms with Crippen molar-refractivity contribution in [3.63, 3.8) is 0 Å². The molecule has 0 amide bonds. The Morgan fingerprint density at radius 2 is 1.70 bits per heavy atom. The number of hydrogen-bond acceptors (Lipinski definition) is 3. The maximum absolute atomic E-state index is 13.0. The Morgan fingerprint density at radius 3 is 2.41 bits per heavy atom. The van der Waals surface area contributed by atoms with E-state index in [1.54, 1.807) is 30.6 Å². The van der Waals surface area contributed by atoms with Crippen LogP contribution in [-0.2, 0) is 11.3 Å². The third-order valence-corrected chi connectivity index (χ3v) is 5.22. The van der Waals surface area contributed by atoms with Gasteiger partial charge in [-0.2, -0.15) is 0 Å². The molecule has 5 nitrogen and oxygen atoms in total. The summed E-state index contributed by atoms with van der Waals surface area (Å²) in [6, 6.07) is 12.1. The molecule has 2 aromatic carbocycles. The molecular weight excluding hydrogens is 387 g/mol. The van der Waals surface area contributed by atoms with Gasteiger partial charge in [0.05, 0.1) is 21.1 Å². The highest BCUT2D eigenvalue weighted by molar-refractivity contribution is 6.45. The van der Waals surface area contributed by atoms with E-state index in [9.17, 15) is 14.7 Å². The molecule has 0 atom stereocenters. The standard InChI is InChI=1S/C20H12Cl2N2O3/c21-15-4-3-14-19(18(15)22)24(10-17(25)26)16-9-12(1-2-13(16)20(14)27)11-5-7-23-8-6-11/h1-9H,10H2,(H,25,26). The van der Waals surface area contributed by atoms with Gasteiger partial charge in [-0.1, -0.05) is 29.3 Å². The van der Waals surface area contributed by atoms with Gasteiger partial charge in [-0.05, 0) is 47.5 Å². The van der Waals surface area contributed by atoms with Gasteiger partial charge in [-0.25, -0.2) is 0 Å². The fraction of sp³-hybridized carbons (Fsp3) is 0.0500. The Morgan fingerprint density at radius 1 is 1.00 bits per heavy atom.